The summed E-state index contributed by atoms with van der Waals surface area (Å²) in [5, 5.41) is 13.1. The molecule has 8 heteroatoms. The number of nitriles is 1. The summed E-state index contributed by atoms with van der Waals surface area (Å²) in [6, 6.07) is 13.1. The first kappa shape index (κ1) is 21.8. The first-order valence-corrected chi connectivity index (χ1v) is 10.8. The van der Waals surface area contributed by atoms with Gasteiger partial charge in [0, 0.05) is 49.9 Å². The van der Waals surface area contributed by atoms with Crippen LogP contribution in [-0.2, 0) is 0 Å². The Hall–Kier alpha value is -3.41. The van der Waals surface area contributed by atoms with Gasteiger partial charge in [0.25, 0.3) is 0 Å². The van der Waals surface area contributed by atoms with Crippen LogP contribution in [0.15, 0.2) is 42.7 Å². The number of benzene rings is 2. The standard InChI is InChI=1S/C24H28N6O2/c1-29-9-11-30(12-10-29)8-3-13-32-23-15-21-20(14-22(23)31-2)24(27-17-26-21)28-19-6-4-18(16-25)5-7-19/h4-7,14-15,17H,3,8-13H2,1-2H3,(H,26,27,28). The molecular weight excluding hydrogens is 404 g/mol. The molecule has 1 fully saturated rings. The van der Waals surface area contributed by atoms with Crippen molar-refractivity contribution in [3.05, 3.63) is 48.3 Å². The van der Waals surface area contributed by atoms with Crippen LogP contribution in [0.3, 0.4) is 0 Å². The van der Waals surface area contributed by atoms with E-state index in [9.17, 15) is 0 Å². The van der Waals surface area contributed by atoms with Gasteiger partial charge < -0.3 is 24.6 Å². The zero-order valence-corrected chi connectivity index (χ0v) is 18.5. The highest BCUT2D eigenvalue weighted by atomic mass is 16.5. The summed E-state index contributed by atoms with van der Waals surface area (Å²) in [5.41, 5.74) is 2.22. The van der Waals surface area contributed by atoms with Crippen molar-refractivity contribution in [3.8, 4) is 17.6 Å². The topological polar surface area (TPSA) is 86.5 Å². The third-order valence-corrected chi connectivity index (χ3v) is 5.67. The third kappa shape index (κ3) is 5.25. The van der Waals surface area contributed by atoms with Crippen molar-refractivity contribution in [1.82, 2.24) is 19.8 Å². The Balaban J connectivity index is 1.44. The summed E-state index contributed by atoms with van der Waals surface area (Å²) >= 11 is 0. The van der Waals surface area contributed by atoms with Crippen molar-refractivity contribution in [1.29, 1.82) is 5.26 Å². The number of nitrogens with one attached hydrogen (secondary N) is 1. The average molecular weight is 433 g/mol. The Morgan fingerprint density at radius 3 is 2.56 bits per heavy atom. The van der Waals surface area contributed by atoms with Gasteiger partial charge in [0.05, 0.1) is 30.9 Å². The number of rotatable bonds is 8. The molecule has 1 saturated heterocycles. The van der Waals surface area contributed by atoms with Crippen LogP contribution >= 0.6 is 0 Å². The minimum Gasteiger partial charge on any atom is -0.493 e. The molecule has 1 aromatic heterocycles. The van der Waals surface area contributed by atoms with E-state index < -0.39 is 0 Å². The molecule has 0 aliphatic carbocycles. The molecule has 0 bridgehead atoms. The lowest BCUT2D eigenvalue weighted by Gasteiger charge is -2.32. The third-order valence-electron chi connectivity index (χ3n) is 5.67. The minimum atomic E-state index is 0.610. The van der Waals surface area contributed by atoms with Crippen LogP contribution < -0.4 is 14.8 Å². The SMILES string of the molecule is COc1cc2c(Nc3ccc(C#N)cc3)ncnc2cc1OCCCN1CCN(C)CC1. The van der Waals surface area contributed by atoms with Gasteiger partial charge in [0.1, 0.15) is 12.1 Å². The van der Waals surface area contributed by atoms with Crippen LogP contribution in [0.25, 0.3) is 10.9 Å². The maximum absolute atomic E-state index is 8.98. The molecular formula is C24H28N6O2. The van der Waals surface area contributed by atoms with E-state index >= 15 is 0 Å². The van der Waals surface area contributed by atoms with Crippen LogP contribution in [-0.4, -0.2) is 73.3 Å². The summed E-state index contributed by atoms with van der Waals surface area (Å²) in [6.45, 7) is 6.12. The van der Waals surface area contributed by atoms with Crippen LogP contribution in [0.5, 0.6) is 11.5 Å². The van der Waals surface area contributed by atoms with E-state index in [1.54, 1.807) is 19.2 Å². The number of fused-ring (bicyclic) bond motifs is 1. The first-order valence-electron chi connectivity index (χ1n) is 10.8. The van der Waals surface area contributed by atoms with Crippen LogP contribution in [0.1, 0.15) is 12.0 Å². The quantitative estimate of drug-likeness (QED) is 0.543. The Bertz CT molecular complexity index is 1090. The van der Waals surface area contributed by atoms with Gasteiger partial charge in [0.15, 0.2) is 11.5 Å². The van der Waals surface area contributed by atoms with Crippen molar-refractivity contribution in [2.75, 3.05) is 58.8 Å². The number of ether oxygens (including phenoxy) is 2. The molecule has 4 rings (SSSR count). The average Bonchev–Trinajstić information content (AvgIpc) is 2.83. The van der Waals surface area contributed by atoms with Gasteiger partial charge >= 0.3 is 0 Å². The smallest absolute Gasteiger partial charge is 0.163 e. The number of likely N-dealkylation sites (N-methyl/N-ethyl adjacent to an activating group) is 1. The number of hydrogen-bond donors (Lipinski definition) is 1. The summed E-state index contributed by atoms with van der Waals surface area (Å²) in [7, 11) is 3.80. The lowest BCUT2D eigenvalue weighted by atomic mass is 10.2. The second-order valence-electron chi connectivity index (χ2n) is 7.90. The highest BCUT2D eigenvalue weighted by Gasteiger charge is 2.14. The van der Waals surface area contributed by atoms with E-state index in [1.807, 2.05) is 24.3 Å². The second kappa shape index (κ2) is 10.3. The number of hydrogen-bond acceptors (Lipinski definition) is 8. The molecule has 0 radical (unpaired) electrons. The molecule has 1 aliphatic heterocycles. The fourth-order valence-corrected chi connectivity index (χ4v) is 3.74. The van der Waals surface area contributed by atoms with Crippen molar-refractivity contribution in [3.63, 3.8) is 0 Å². The van der Waals surface area contributed by atoms with Gasteiger partial charge in [-0.2, -0.15) is 5.26 Å². The van der Waals surface area contributed by atoms with Crippen LogP contribution in [0, 0.1) is 11.3 Å². The molecule has 2 aromatic carbocycles. The van der Waals surface area contributed by atoms with Crippen molar-refractivity contribution < 1.29 is 9.47 Å². The van der Waals surface area contributed by atoms with Gasteiger partial charge in [-0.1, -0.05) is 0 Å². The van der Waals surface area contributed by atoms with Crippen molar-refractivity contribution >= 4 is 22.4 Å². The Morgan fingerprint density at radius 2 is 1.84 bits per heavy atom. The van der Waals surface area contributed by atoms with Gasteiger partial charge in [-0.15, -0.1) is 0 Å². The lowest BCUT2D eigenvalue weighted by molar-refractivity contribution is 0.145. The maximum atomic E-state index is 8.98. The predicted octanol–water partition coefficient (Wildman–Crippen LogP) is 3.27. The van der Waals surface area contributed by atoms with E-state index in [4.69, 9.17) is 14.7 Å². The molecule has 1 N–H and O–H groups in total. The summed E-state index contributed by atoms with van der Waals surface area (Å²) in [6.07, 6.45) is 2.48. The predicted molar refractivity (Wildman–Crippen MR) is 125 cm³/mol. The minimum absolute atomic E-state index is 0.610. The normalized spacial score (nSPS) is 14.8. The zero-order chi connectivity index (χ0) is 22.3. The molecule has 0 spiro atoms. The molecule has 0 atom stereocenters. The fourth-order valence-electron chi connectivity index (χ4n) is 3.74. The molecule has 166 valence electrons. The molecule has 8 nitrogen and oxygen atoms in total. The summed E-state index contributed by atoms with van der Waals surface area (Å²) < 4.78 is 11.6. The van der Waals surface area contributed by atoms with Crippen LogP contribution in [0.2, 0.25) is 0 Å². The number of aromatic nitrogens is 2. The molecule has 0 unspecified atom stereocenters. The molecule has 0 amide bonds. The Labute approximate surface area is 188 Å². The molecule has 32 heavy (non-hydrogen) atoms. The fraction of sp³-hybridized carbons (Fsp3) is 0.375. The number of nitrogens with zero attached hydrogens (tertiary/aromatic N) is 5. The highest BCUT2D eigenvalue weighted by Crippen LogP contribution is 2.34. The van der Waals surface area contributed by atoms with E-state index in [0.717, 1.165) is 55.7 Å². The largest absolute Gasteiger partial charge is 0.493 e. The monoisotopic (exact) mass is 432 g/mol. The highest BCUT2D eigenvalue weighted by molar-refractivity contribution is 5.93. The van der Waals surface area contributed by atoms with Gasteiger partial charge in [0.2, 0.25) is 0 Å². The molecule has 3 aromatic rings. The van der Waals surface area contributed by atoms with Crippen molar-refractivity contribution in [2.24, 2.45) is 0 Å². The van der Waals surface area contributed by atoms with Crippen molar-refractivity contribution in [2.45, 2.75) is 6.42 Å². The van der Waals surface area contributed by atoms with E-state index in [-0.39, 0.29) is 0 Å². The Morgan fingerprint density at radius 1 is 1.06 bits per heavy atom. The van der Waals surface area contributed by atoms with E-state index in [2.05, 4.69) is 38.2 Å². The summed E-state index contributed by atoms with van der Waals surface area (Å²) in [5.74, 6) is 2.00. The van der Waals surface area contributed by atoms with Crippen LogP contribution in [0.4, 0.5) is 11.5 Å². The number of anilines is 2. The molecule has 1 aliphatic rings. The molecule has 2 heterocycles. The zero-order valence-electron chi connectivity index (χ0n) is 18.5. The second-order valence-corrected chi connectivity index (χ2v) is 7.90. The van der Waals surface area contributed by atoms with Gasteiger partial charge in [-0.25, -0.2) is 9.97 Å². The number of piperazine rings is 1. The van der Waals surface area contributed by atoms with Gasteiger partial charge in [-0.3, -0.25) is 0 Å². The maximum Gasteiger partial charge on any atom is 0.163 e. The molecule has 0 saturated carbocycles. The number of methoxy groups -OCH3 is 1. The van der Waals surface area contributed by atoms with E-state index in [0.29, 0.717) is 29.5 Å². The summed E-state index contributed by atoms with van der Waals surface area (Å²) in [4.78, 5) is 13.6. The Kier molecular flexibility index (Phi) is 7.00. The lowest BCUT2D eigenvalue weighted by Crippen LogP contribution is -2.44. The van der Waals surface area contributed by atoms with Gasteiger partial charge in [-0.05, 0) is 43.8 Å². The van der Waals surface area contributed by atoms with E-state index in [1.165, 1.54) is 6.33 Å². The first-order chi connectivity index (χ1) is 15.7.